The first-order valence-corrected chi connectivity index (χ1v) is 17.1. The number of rotatable bonds is 12. The fourth-order valence-corrected chi connectivity index (χ4v) is 6.37. The molecule has 0 radical (unpaired) electrons. The van der Waals surface area contributed by atoms with Gasteiger partial charge in [0.2, 0.25) is 11.8 Å². The third kappa shape index (κ3) is 8.22. The van der Waals surface area contributed by atoms with Crippen LogP contribution in [0.2, 0.25) is 0 Å². The van der Waals surface area contributed by atoms with Gasteiger partial charge in [-0.2, -0.15) is 4.98 Å². The first-order chi connectivity index (χ1) is 24.3. The zero-order valence-electron chi connectivity index (χ0n) is 29.6. The lowest BCUT2D eigenvalue weighted by atomic mass is 10.1. The first-order valence-electron chi connectivity index (χ1n) is 17.1. The van der Waals surface area contributed by atoms with Crippen LogP contribution < -0.4 is 21.6 Å². The summed E-state index contributed by atoms with van der Waals surface area (Å²) in [6, 6.07) is 8.21. The average molecular weight is 702 g/mol. The minimum atomic E-state index is -0.821. The Hall–Kier alpha value is -5.24. The number of amides is 2. The van der Waals surface area contributed by atoms with E-state index in [-0.39, 0.29) is 76.7 Å². The number of nitrogens with two attached hydrogens (primary N) is 1. The molecule has 0 spiro atoms. The number of nitrogens with zero attached hydrogens (tertiary/aromatic N) is 6. The monoisotopic (exact) mass is 701 g/mol. The highest BCUT2D eigenvalue weighted by molar-refractivity contribution is 5.91. The largest absolute Gasteiger partial charge is 0.383 e. The molecular formula is C37H45F2N9O3. The maximum Gasteiger partial charge on any atom is 0.348 e. The summed E-state index contributed by atoms with van der Waals surface area (Å²) in [6.07, 6.45) is 3.61. The number of carbonyl (C=O) groups is 2. The second kappa shape index (κ2) is 15.8. The van der Waals surface area contributed by atoms with Crippen LogP contribution in [-0.2, 0) is 16.0 Å². The molecule has 1 saturated heterocycles. The van der Waals surface area contributed by atoms with Crippen LogP contribution in [-0.4, -0.2) is 92.4 Å². The number of anilines is 2. The third-order valence-electron chi connectivity index (χ3n) is 9.12. The molecule has 51 heavy (non-hydrogen) atoms. The van der Waals surface area contributed by atoms with Gasteiger partial charge in [-0.15, -0.1) is 0 Å². The molecular weight excluding hydrogens is 656 g/mol. The van der Waals surface area contributed by atoms with Crippen molar-refractivity contribution in [2.24, 2.45) is 5.73 Å². The molecule has 270 valence electrons. The summed E-state index contributed by atoms with van der Waals surface area (Å²) in [6.45, 7) is 14.6. The van der Waals surface area contributed by atoms with E-state index in [9.17, 15) is 14.4 Å². The molecule has 1 unspecified atom stereocenters. The van der Waals surface area contributed by atoms with Gasteiger partial charge < -0.3 is 25.8 Å². The normalized spacial score (nSPS) is 16.7. The number of benzene rings is 1. The van der Waals surface area contributed by atoms with Crippen molar-refractivity contribution in [3.05, 3.63) is 88.6 Å². The Morgan fingerprint density at radius 3 is 2.57 bits per heavy atom. The zero-order chi connectivity index (χ0) is 37.0. The molecule has 5 rings (SSSR count). The lowest BCUT2D eigenvalue weighted by molar-refractivity contribution is -0.132. The number of carbonyl (C=O) groups excluding carboxylic acids is 2. The summed E-state index contributed by atoms with van der Waals surface area (Å²) >= 11 is 0. The summed E-state index contributed by atoms with van der Waals surface area (Å²) in [4.78, 5) is 58.9. The lowest BCUT2D eigenvalue weighted by Crippen LogP contribution is -2.58. The van der Waals surface area contributed by atoms with Gasteiger partial charge in [-0.3, -0.25) is 19.6 Å². The van der Waals surface area contributed by atoms with Gasteiger partial charge in [0.15, 0.2) is 5.82 Å². The summed E-state index contributed by atoms with van der Waals surface area (Å²) in [5.74, 6) is -1.50. The van der Waals surface area contributed by atoms with Crippen molar-refractivity contribution in [3.8, 4) is 11.3 Å². The van der Waals surface area contributed by atoms with E-state index in [4.69, 9.17) is 5.73 Å². The van der Waals surface area contributed by atoms with Crippen molar-refractivity contribution in [3.63, 3.8) is 0 Å². The summed E-state index contributed by atoms with van der Waals surface area (Å²) in [7, 11) is 0. The molecule has 0 aliphatic carbocycles. The first kappa shape index (κ1) is 37.0. The average Bonchev–Trinajstić information content (AvgIpc) is 3.09. The van der Waals surface area contributed by atoms with E-state index in [1.165, 1.54) is 24.3 Å². The minimum absolute atomic E-state index is 0.0329. The van der Waals surface area contributed by atoms with Crippen LogP contribution >= 0.6 is 0 Å². The Labute approximate surface area is 295 Å². The molecule has 3 atom stereocenters. The Bertz CT molecular complexity index is 1980. The van der Waals surface area contributed by atoms with Crippen LogP contribution in [0, 0.1) is 11.6 Å². The van der Waals surface area contributed by atoms with Crippen LogP contribution in [0.15, 0.2) is 60.0 Å². The molecule has 0 saturated carbocycles. The van der Waals surface area contributed by atoms with Gasteiger partial charge in [0.25, 0.3) is 0 Å². The van der Waals surface area contributed by atoms with Gasteiger partial charge in [-0.25, -0.2) is 18.6 Å². The highest BCUT2D eigenvalue weighted by atomic mass is 19.1. The second-order valence-corrected chi connectivity index (χ2v) is 13.3. The lowest BCUT2D eigenvalue weighted by Gasteiger charge is -2.44. The van der Waals surface area contributed by atoms with Gasteiger partial charge >= 0.3 is 5.69 Å². The zero-order valence-corrected chi connectivity index (χ0v) is 29.6. The molecule has 12 nitrogen and oxygen atoms in total. The number of aromatic nitrogens is 4. The number of aromatic amines is 1. The number of pyridine rings is 2. The summed E-state index contributed by atoms with van der Waals surface area (Å²) in [5, 5.41) is 3.39. The number of piperazine rings is 1. The van der Waals surface area contributed by atoms with Crippen molar-refractivity contribution in [2.45, 2.75) is 65.1 Å². The fraction of sp³-hybridized carbons (Fsp3) is 0.405. The van der Waals surface area contributed by atoms with Gasteiger partial charge in [0, 0.05) is 62.4 Å². The van der Waals surface area contributed by atoms with Gasteiger partial charge in [-0.1, -0.05) is 26.5 Å². The molecule has 4 heterocycles. The highest BCUT2D eigenvalue weighted by Crippen LogP contribution is 2.35. The summed E-state index contributed by atoms with van der Waals surface area (Å²) in [5.41, 5.74) is 7.13. The molecule has 4 N–H and O–H groups in total. The SMILES string of the molecule is C=CC(=O)N1C[C@H](C)N(c2nc(=O)[nH]c3nc(-c4c(F)cccc4NCCN(CCc4ccnc(C(C)C)c4)C(=O)C(C)N)c(F)cc23)C[C@H]1C. The van der Waals surface area contributed by atoms with Crippen LogP contribution in [0.25, 0.3) is 22.3 Å². The molecule has 0 bridgehead atoms. The molecule has 1 aliphatic rings. The minimum Gasteiger partial charge on any atom is -0.383 e. The van der Waals surface area contributed by atoms with Crippen molar-refractivity contribution in [2.75, 3.05) is 42.9 Å². The number of hydrogen-bond acceptors (Lipinski definition) is 9. The third-order valence-corrected chi connectivity index (χ3v) is 9.12. The Morgan fingerprint density at radius 1 is 1.10 bits per heavy atom. The molecule has 2 amide bonds. The molecule has 3 aromatic heterocycles. The van der Waals surface area contributed by atoms with Crippen LogP contribution in [0.3, 0.4) is 0 Å². The van der Waals surface area contributed by atoms with Crippen LogP contribution in [0.4, 0.5) is 20.3 Å². The van der Waals surface area contributed by atoms with E-state index in [0.29, 0.717) is 26.1 Å². The quantitative estimate of drug-likeness (QED) is 0.184. The maximum atomic E-state index is 16.1. The standard InChI is InChI=1S/C37H45F2N9O3/c1-7-31(49)47-19-23(5)48(20-22(47)4)35-26-18-28(39)33(43-34(26)44-37(51)45-35)32-27(38)9-8-10-29(32)42-14-16-46(36(50)24(6)40)15-12-25-11-13-41-30(17-25)21(2)3/h7-11,13,17-18,21-24,42H,1,12,14-16,19-20,40H2,2-6H3,(H,43,44,45,51)/t22-,23+,24?/m1/s1. The number of fused-ring (bicyclic) bond motifs is 1. The van der Waals surface area contributed by atoms with Crippen molar-refractivity contribution >= 4 is 34.4 Å². The molecule has 14 heteroatoms. The van der Waals surface area contributed by atoms with E-state index >= 15 is 8.78 Å². The number of H-pyrrole nitrogens is 1. The van der Waals surface area contributed by atoms with Crippen LogP contribution in [0.1, 0.15) is 51.8 Å². The predicted molar refractivity (Wildman–Crippen MR) is 194 cm³/mol. The number of halogens is 2. The highest BCUT2D eigenvalue weighted by Gasteiger charge is 2.33. The van der Waals surface area contributed by atoms with Gasteiger partial charge in [0.05, 0.1) is 17.0 Å². The van der Waals surface area contributed by atoms with Crippen molar-refractivity contribution in [1.82, 2.24) is 29.7 Å². The van der Waals surface area contributed by atoms with Gasteiger partial charge in [-0.05, 0) is 75.1 Å². The van der Waals surface area contributed by atoms with Crippen molar-refractivity contribution in [1.29, 1.82) is 0 Å². The van der Waals surface area contributed by atoms with E-state index < -0.39 is 23.4 Å². The molecule has 1 aromatic carbocycles. The molecule has 4 aromatic rings. The molecule has 1 fully saturated rings. The molecule has 1 aliphatic heterocycles. The van der Waals surface area contributed by atoms with Crippen LogP contribution in [0.5, 0.6) is 0 Å². The number of nitrogens with one attached hydrogen (secondary N) is 2. The smallest absolute Gasteiger partial charge is 0.348 e. The van der Waals surface area contributed by atoms with Gasteiger partial charge in [0.1, 0.15) is 23.0 Å². The Kier molecular flexibility index (Phi) is 11.4. The second-order valence-electron chi connectivity index (χ2n) is 13.3. The Balaban J connectivity index is 1.40. The summed E-state index contributed by atoms with van der Waals surface area (Å²) < 4.78 is 31.6. The topological polar surface area (TPSA) is 153 Å². The van der Waals surface area contributed by atoms with E-state index in [0.717, 1.165) is 11.3 Å². The predicted octanol–water partition coefficient (Wildman–Crippen LogP) is 4.22. The number of hydrogen-bond donors (Lipinski definition) is 3. The maximum absolute atomic E-state index is 16.1. The van der Waals surface area contributed by atoms with Crippen molar-refractivity contribution < 1.29 is 18.4 Å². The fourth-order valence-electron chi connectivity index (χ4n) is 6.37. The van der Waals surface area contributed by atoms with E-state index in [1.54, 1.807) is 29.0 Å². The van der Waals surface area contributed by atoms with E-state index in [1.807, 2.05) is 30.9 Å². The Morgan fingerprint density at radius 2 is 1.86 bits per heavy atom. The van der Waals surface area contributed by atoms with E-state index in [2.05, 4.69) is 45.7 Å².